The monoisotopic (exact) mass is 354 g/mol. The fraction of sp³-hybridized carbons (Fsp3) is 0.647. The summed E-state index contributed by atoms with van der Waals surface area (Å²) in [5.41, 5.74) is 8.55. The van der Waals surface area contributed by atoms with Gasteiger partial charge in [0.05, 0.1) is 11.8 Å². The zero-order valence-corrected chi connectivity index (χ0v) is 14.7. The van der Waals surface area contributed by atoms with Gasteiger partial charge in [-0.2, -0.15) is 0 Å². The van der Waals surface area contributed by atoms with Crippen LogP contribution in [0.15, 0.2) is 22.7 Å². The van der Waals surface area contributed by atoms with Gasteiger partial charge in [0.25, 0.3) is 0 Å². The molecule has 4 heteroatoms. The van der Waals surface area contributed by atoms with Crippen LogP contribution in [0, 0.1) is 0 Å². The predicted octanol–water partition coefficient (Wildman–Crippen LogP) is 3.73. The molecule has 1 fully saturated rings. The van der Waals surface area contributed by atoms with E-state index in [1.54, 1.807) is 0 Å². The second kappa shape index (κ2) is 8.16. The first-order valence-electron chi connectivity index (χ1n) is 7.97. The van der Waals surface area contributed by atoms with E-state index in [9.17, 15) is 0 Å². The van der Waals surface area contributed by atoms with E-state index in [4.69, 9.17) is 10.5 Å². The average Bonchev–Trinajstić information content (AvgIpc) is 2.48. The molecule has 0 radical (unpaired) electrons. The first-order chi connectivity index (χ1) is 10.1. The van der Waals surface area contributed by atoms with Gasteiger partial charge < -0.3 is 15.4 Å². The lowest BCUT2D eigenvalue weighted by atomic mass is 10.0. The first-order valence-corrected chi connectivity index (χ1v) is 8.76. The Hall–Kier alpha value is -0.580. The number of anilines is 1. The van der Waals surface area contributed by atoms with Gasteiger partial charge in [0.1, 0.15) is 0 Å². The van der Waals surface area contributed by atoms with E-state index in [1.807, 2.05) is 0 Å². The van der Waals surface area contributed by atoms with Crippen molar-refractivity contribution in [1.82, 2.24) is 0 Å². The lowest BCUT2D eigenvalue weighted by Gasteiger charge is -2.29. The van der Waals surface area contributed by atoms with E-state index in [-0.39, 0.29) is 6.04 Å². The third-order valence-corrected chi connectivity index (χ3v) is 4.83. The molecule has 118 valence electrons. The molecule has 0 spiro atoms. The molecule has 1 aliphatic heterocycles. The number of hydrogen-bond donors (Lipinski definition) is 1. The molecule has 1 aromatic rings. The SMILES string of the molecule is CCC(N)Cc1ccc(N(C)CC2CCCCO2)c(Br)c1. The van der Waals surface area contributed by atoms with Crippen molar-refractivity contribution in [2.45, 2.75) is 51.2 Å². The predicted molar refractivity (Wildman–Crippen MR) is 93.0 cm³/mol. The Kier molecular flexibility index (Phi) is 6.52. The quantitative estimate of drug-likeness (QED) is 0.845. The molecule has 1 aliphatic rings. The Balaban J connectivity index is 1.98. The van der Waals surface area contributed by atoms with E-state index in [1.165, 1.54) is 30.5 Å². The van der Waals surface area contributed by atoms with Crippen LogP contribution < -0.4 is 10.6 Å². The molecule has 0 bridgehead atoms. The topological polar surface area (TPSA) is 38.5 Å². The fourth-order valence-electron chi connectivity index (χ4n) is 2.79. The molecular formula is C17H27BrN2O. The number of nitrogens with two attached hydrogens (primary N) is 1. The van der Waals surface area contributed by atoms with Crippen LogP contribution in [-0.2, 0) is 11.2 Å². The normalized spacial score (nSPS) is 20.3. The number of likely N-dealkylation sites (N-methyl/N-ethyl adjacent to an activating group) is 1. The van der Waals surface area contributed by atoms with Crippen LogP contribution in [0.4, 0.5) is 5.69 Å². The van der Waals surface area contributed by atoms with E-state index in [2.05, 4.69) is 53.0 Å². The molecule has 3 nitrogen and oxygen atoms in total. The maximum absolute atomic E-state index is 6.03. The van der Waals surface area contributed by atoms with Gasteiger partial charge >= 0.3 is 0 Å². The van der Waals surface area contributed by atoms with E-state index in [0.29, 0.717) is 6.10 Å². The standard InChI is InChI=1S/C17H27BrN2O/c1-3-14(19)10-13-7-8-17(16(18)11-13)20(2)12-15-6-4-5-9-21-15/h7-8,11,14-15H,3-6,9-10,12,19H2,1-2H3. The van der Waals surface area contributed by atoms with E-state index in [0.717, 1.165) is 30.5 Å². The van der Waals surface area contributed by atoms with Gasteiger partial charge in [-0.05, 0) is 65.7 Å². The third kappa shape index (κ3) is 4.97. The summed E-state index contributed by atoms with van der Waals surface area (Å²) in [4.78, 5) is 2.28. The van der Waals surface area contributed by atoms with Crippen molar-refractivity contribution in [2.75, 3.05) is 25.1 Å². The highest BCUT2D eigenvalue weighted by Crippen LogP contribution is 2.28. The summed E-state index contributed by atoms with van der Waals surface area (Å²) >= 11 is 3.70. The van der Waals surface area contributed by atoms with Crippen LogP contribution in [0.1, 0.15) is 38.2 Å². The number of ether oxygens (including phenoxy) is 1. The number of rotatable bonds is 6. The van der Waals surface area contributed by atoms with Gasteiger partial charge in [0.15, 0.2) is 0 Å². The molecule has 21 heavy (non-hydrogen) atoms. The Morgan fingerprint density at radius 2 is 2.24 bits per heavy atom. The highest BCUT2D eigenvalue weighted by atomic mass is 79.9. The largest absolute Gasteiger partial charge is 0.376 e. The Morgan fingerprint density at radius 1 is 1.43 bits per heavy atom. The fourth-order valence-corrected chi connectivity index (χ4v) is 3.52. The minimum Gasteiger partial charge on any atom is -0.376 e. The highest BCUT2D eigenvalue weighted by Gasteiger charge is 2.17. The van der Waals surface area contributed by atoms with Crippen molar-refractivity contribution >= 4 is 21.6 Å². The minimum atomic E-state index is 0.246. The van der Waals surface area contributed by atoms with Crippen LogP contribution in [-0.4, -0.2) is 32.3 Å². The summed E-state index contributed by atoms with van der Waals surface area (Å²) in [6, 6.07) is 6.82. The molecule has 2 unspecified atom stereocenters. The number of hydrogen-bond acceptors (Lipinski definition) is 3. The molecule has 2 N–H and O–H groups in total. The minimum absolute atomic E-state index is 0.246. The van der Waals surface area contributed by atoms with Crippen LogP contribution in [0.5, 0.6) is 0 Å². The van der Waals surface area contributed by atoms with E-state index >= 15 is 0 Å². The summed E-state index contributed by atoms with van der Waals surface area (Å²) in [6.07, 6.45) is 5.97. The van der Waals surface area contributed by atoms with Crippen molar-refractivity contribution in [3.05, 3.63) is 28.2 Å². The Labute approximate surface area is 137 Å². The second-order valence-corrected chi connectivity index (χ2v) is 6.88. The molecule has 2 rings (SSSR count). The molecule has 1 heterocycles. The molecule has 0 aliphatic carbocycles. The molecule has 0 aromatic heterocycles. The first kappa shape index (κ1) is 16.8. The summed E-state index contributed by atoms with van der Waals surface area (Å²) in [6.45, 7) is 3.99. The van der Waals surface area contributed by atoms with Crippen molar-refractivity contribution in [3.63, 3.8) is 0 Å². The number of halogens is 1. The third-order valence-electron chi connectivity index (χ3n) is 4.20. The van der Waals surface area contributed by atoms with Crippen molar-refractivity contribution in [2.24, 2.45) is 5.73 Å². The van der Waals surface area contributed by atoms with Gasteiger partial charge in [-0.1, -0.05) is 13.0 Å². The van der Waals surface area contributed by atoms with Crippen molar-refractivity contribution < 1.29 is 4.74 Å². The molecule has 2 atom stereocenters. The molecule has 1 aromatic carbocycles. The Bertz CT molecular complexity index is 446. The summed E-state index contributed by atoms with van der Waals surface area (Å²) in [5.74, 6) is 0. The molecular weight excluding hydrogens is 328 g/mol. The maximum atomic E-state index is 6.03. The number of benzene rings is 1. The van der Waals surface area contributed by atoms with Crippen LogP contribution in [0.3, 0.4) is 0 Å². The highest BCUT2D eigenvalue weighted by molar-refractivity contribution is 9.10. The summed E-state index contributed by atoms with van der Waals surface area (Å²) in [7, 11) is 2.13. The van der Waals surface area contributed by atoms with Crippen LogP contribution in [0.2, 0.25) is 0 Å². The second-order valence-electron chi connectivity index (χ2n) is 6.03. The lowest BCUT2D eigenvalue weighted by molar-refractivity contribution is 0.0216. The van der Waals surface area contributed by atoms with Crippen LogP contribution in [0.25, 0.3) is 0 Å². The molecule has 0 saturated carbocycles. The summed E-state index contributed by atoms with van der Waals surface area (Å²) in [5, 5.41) is 0. The maximum Gasteiger partial charge on any atom is 0.0749 e. The van der Waals surface area contributed by atoms with Crippen molar-refractivity contribution in [3.8, 4) is 0 Å². The summed E-state index contributed by atoms with van der Waals surface area (Å²) < 4.78 is 6.97. The van der Waals surface area contributed by atoms with Crippen LogP contribution >= 0.6 is 15.9 Å². The molecule has 1 saturated heterocycles. The molecule has 0 amide bonds. The zero-order valence-electron chi connectivity index (χ0n) is 13.1. The lowest BCUT2D eigenvalue weighted by Crippen LogP contribution is -2.33. The average molecular weight is 355 g/mol. The Morgan fingerprint density at radius 3 is 2.86 bits per heavy atom. The zero-order chi connectivity index (χ0) is 15.2. The van der Waals surface area contributed by atoms with Gasteiger partial charge in [0.2, 0.25) is 0 Å². The van der Waals surface area contributed by atoms with Crippen molar-refractivity contribution in [1.29, 1.82) is 0 Å². The van der Waals surface area contributed by atoms with Gasteiger partial charge in [0, 0.05) is 30.7 Å². The van der Waals surface area contributed by atoms with Gasteiger partial charge in [-0.3, -0.25) is 0 Å². The number of nitrogens with zero attached hydrogens (tertiary/aromatic N) is 1. The van der Waals surface area contributed by atoms with Gasteiger partial charge in [-0.25, -0.2) is 0 Å². The van der Waals surface area contributed by atoms with E-state index < -0.39 is 0 Å². The van der Waals surface area contributed by atoms with Gasteiger partial charge in [-0.15, -0.1) is 0 Å². The smallest absolute Gasteiger partial charge is 0.0749 e.